The summed E-state index contributed by atoms with van der Waals surface area (Å²) in [6.07, 6.45) is -2.44. The van der Waals surface area contributed by atoms with Crippen molar-refractivity contribution >= 4 is 21.6 Å². The summed E-state index contributed by atoms with van der Waals surface area (Å²) in [5.41, 5.74) is -1.59. The van der Waals surface area contributed by atoms with Crippen LogP contribution >= 0.6 is 0 Å². The highest BCUT2D eigenvalue weighted by Crippen LogP contribution is 2.50. The lowest BCUT2D eigenvalue weighted by molar-refractivity contribution is -0.137. The lowest BCUT2D eigenvalue weighted by Crippen LogP contribution is -2.54. The normalized spacial score (nSPS) is 22.5. The second-order valence-corrected chi connectivity index (χ2v) is 11.1. The molecule has 0 unspecified atom stereocenters. The molecular formula is C22H22F3N3O3S. The predicted octanol–water partition coefficient (Wildman–Crippen LogP) is 3.79. The molecule has 32 heavy (non-hydrogen) atoms. The van der Waals surface area contributed by atoms with Crippen LogP contribution in [-0.2, 0) is 26.2 Å². The topological polar surface area (TPSA) is 88.2 Å². The van der Waals surface area contributed by atoms with Gasteiger partial charge in [0.25, 0.3) is 5.91 Å². The Kier molecular flexibility index (Phi) is 4.75. The molecule has 0 saturated heterocycles. The Hall–Kier alpha value is -2.88. The van der Waals surface area contributed by atoms with Gasteiger partial charge in [-0.3, -0.25) is 4.79 Å². The first kappa shape index (κ1) is 22.3. The minimum atomic E-state index is -4.64. The summed E-state index contributed by atoms with van der Waals surface area (Å²) in [5, 5.41) is 5.96. The summed E-state index contributed by atoms with van der Waals surface area (Å²) >= 11 is 0. The molecule has 1 atom stereocenters. The Morgan fingerprint density at radius 2 is 1.81 bits per heavy atom. The molecule has 1 aromatic heterocycles. The number of aromatic nitrogens is 1. The number of pyridine rings is 1. The number of nitrogens with one attached hydrogen (secondary N) is 2. The fourth-order valence-electron chi connectivity index (χ4n) is 4.43. The first-order valence-corrected chi connectivity index (χ1v) is 11.7. The van der Waals surface area contributed by atoms with Crippen molar-refractivity contribution in [2.24, 2.45) is 0 Å². The van der Waals surface area contributed by atoms with E-state index in [1.807, 2.05) is 13.8 Å². The summed E-state index contributed by atoms with van der Waals surface area (Å²) in [4.78, 5) is 17.3. The molecule has 2 aliphatic heterocycles. The van der Waals surface area contributed by atoms with Crippen molar-refractivity contribution in [3.8, 4) is 0 Å². The van der Waals surface area contributed by atoms with Gasteiger partial charge in [-0.15, -0.1) is 0 Å². The number of fused-ring (bicyclic) bond motifs is 1. The molecule has 0 aliphatic carbocycles. The number of benzene rings is 1. The second kappa shape index (κ2) is 6.81. The van der Waals surface area contributed by atoms with Crippen molar-refractivity contribution in [3.05, 3.63) is 64.5 Å². The molecule has 3 heterocycles. The molecule has 0 spiro atoms. The average molecular weight is 465 g/mol. The molecule has 0 saturated carbocycles. The smallest absolute Gasteiger partial charge is 0.347 e. The maximum absolute atomic E-state index is 13.5. The van der Waals surface area contributed by atoms with Gasteiger partial charge < -0.3 is 10.6 Å². The Bertz CT molecular complexity index is 1280. The molecule has 2 N–H and O–H groups in total. The highest BCUT2D eigenvalue weighted by atomic mass is 32.2. The van der Waals surface area contributed by atoms with Crippen molar-refractivity contribution in [2.75, 3.05) is 11.6 Å². The van der Waals surface area contributed by atoms with Gasteiger partial charge in [0, 0.05) is 35.7 Å². The maximum atomic E-state index is 13.5. The van der Waals surface area contributed by atoms with E-state index in [1.165, 1.54) is 18.2 Å². The van der Waals surface area contributed by atoms with Crippen LogP contribution in [0.1, 0.15) is 43.9 Å². The van der Waals surface area contributed by atoms with Crippen LogP contribution in [0.2, 0.25) is 0 Å². The van der Waals surface area contributed by atoms with E-state index in [0.29, 0.717) is 17.7 Å². The number of halogens is 3. The number of carbonyl (C=O) groups is 1. The highest BCUT2D eigenvalue weighted by molar-refractivity contribution is 7.90. The molecule has 6 nitrogen and oxygen atoms in total. The molecule has 0 fully saturated rings. The van der Waals surface area contributed by atoms with E-state index in [-0.39, 0.29) is 21.8 Å². The number of amides is 1. The third-order valence-corrected chi connectivity index (χ3v) is 7.07. The van der Waals surface area contributed by atoms with Crippen molar-refractivity contribution in [1.29, 1.82) is 0 Å². The van der Waals surface area contributed by atoms with Crippen molar-refractivity contribution in [3.63, 3.8) is 0 Å². The van der Waals surface area contributed by atoms with Crippen LogP contribution in [0.15, 0.2) is 52.7 Å². The van der Waals surface area contributed by atoms with Crippen molar-refractivity contribution in [2.45, 2.75) is 49.2 Å². The predicted molar refractivity (Wildman–Crippen MR) is 113 cm³/mol. The van der Waals surface area contributed by atoms with E-state index in [9.17, 15) is 26.4 Å². The molecule has 10 heteroatoms. The number of nitrogens with zero attached hydrogens (tertiary/aromatic N) is 1. The number of rotatable bonds is 2. The summed E-state index contributed by atoms with van der Waals surface area (Å²) in [6.45, 7) is 5.31. The Labute approximate surface area is 183 Å². The van der Waals surface area contributed by atoms with E-state index in [1.54, 1.807) is 13.0 Å². The molecule has 0 radical (unpaired) electrons. The molecule has 1 aromatic carbocycles. The van der Waals surface area contributed by atoms with Crippen molar-refractivity contribution in [1.82, 2.24) is 10.3 Å². The van der Waals surface area contributed by atoms with Crippen LogP contribution in [0.3, 0.4) is 0 Å². The zero-order valence-electron chi connectivity index (χ0n) is 17.9. The minimum Gasteiger partial charge on any atom is -0.347 e. The monoisotopic (exact) mass is 465 g/mol. The van der Waals surface area contributed by atoms with Gasteiger partial charge >= 0.3 is 6.18 Å². The van der Waals surface area contributed by atoms with Gasteiger partial charge in [-0.25, -0.2) is 13.4 Å². The van der Waals surface area contributed by atoms with Crippen LogP contribution in [0.25, 0.3) is 0 Å². The molecule has 0 bridgehead atoms. The summed E-state index contributed by atoms with van der Waals surface area (Å²) < 4.78 is 64.9. The van der Waals surface area contributed by atoms with Gasteiger partial charge in [0.15, 0.2) is 9.84 Å². The molecule has 1 amide bonds. The third-order valence-electron chi connectivity index (χ3n) is 5.96. The van der Waals surface area contributed by atoms with E-state index in [2.05, 4.69) is 15.6 Å². The average Bonchev–Trinajstić information content (AvgIpc) is 2.65. The van der Waals surface area contributed by atoms with E-state index >= 15 is 0 Å². The second-order valence-electron chi connectivity index (χ2n) is 9.04. The lowest BCUT2D eigenvalue weighted by atomic mass is 9.66. The van der Waals surface area contributed by atoms with Gasteiger partial charge in [0.1, 0.15) is 5.82 Å². The maximum Gasteiger partial charge on any atom is 0.417 e. The number of hydrogen-bond acceptors (Lipinski definition) is 5. The van der Waals surface area contributed by atoms with E-state index in [4.69, 9.17) is 0 Å². The number of alkyl halides is 3. The van der Waals surface area contributed by atoms with E-state index in [0.717, 1.165) is 18.5 Å². The Morgan fingerprint density at radius 1 is 1.12 bits per heavy atom. The number of carbonyl (C=O) groups excluding carboxylic acids is 1. The van der Waals surface area contributed by atoms with Gasteiger partial charge in [0.2, 0.25) is 0 Å². The molecule has 170 valence electrons. The van der Waals surface area contributed by atoms with Gasteiger partial charge in [-0.05, 0) is 44.5 Å². The summed E-state index contributed by atoms with van der Waals surface area (Å²) in [5.74, 6) is -0.228. The molecule has 4 rings (SSSR count). The third kappa shape index (κ3) is 3.56. The zero-order valence-corrected chi connectivity index (χ0v) is 18.7. The summed E-state index contributed by atoms with van der Waals surface area (Å²) in [6, 6.07) is 6.92. The van der Waals surface area contributed by atoms with Crippen LogP contribution in [0.4, 0.5) is 19.0 Å². The number of anilines is 1. The zero-order chi connectivity index (χ0) is 23.7. The fraction of sp³-hybridized carbons (Fsp3) is 0.364. The number of hydrogen-bond donors (Lipinski definition) is 2. The fourth-order valence-corrected chi connectivity index (χ4v) is 5.10. The van der Waals surface area contributed by atoms with E-state index < -0.39 is 38.4 Å². The largest absolute Gasteiger partial charge is 0.417 e. The highest BCUT2D eigenvalue weighted by Gasteiger charge is 2.49. The minimum absolute atomic E-state index is 0.00920. The standard InChI is InChI=1S/C22H22F3N3O3S/c1-20(2)10-16-17(19(29)28-20)21(3,12-6-5-7-14(8-12)32(4,30)31)15-9-13(22(23,24)25)11-26-18(15)27-16/h5-9,11H,10H2,1-4H3,(H,26,27)(H,28,29)/t21-/m0/s1. The van der Waals surface area contributed by atoms with Gasteiger partial charge in [-0.1, -0.05) is 12.1 Å². The van der Waals surface area contributed by atoms with Crippen LogP contribution in [0, 0.1) is 0 Å². The Balaban J connectivity index is 2.05. The van der Waals surface area contributed by atoms with Gasteiger partial charge in [-0.2, -0.15) is 13.2 Å². The lowest BCUT2D eigenvalue weighted by Gasteiger charge is -2.45. The molecule has 2 aromatic rings. The molecule has 2 aliphatic rings. The number of sulfone groups is 1. The van der Waals surface area contributed by atoms with Crippen LogP contribution in [0.5, 0.6) is 0 Å². The molecular weight excluding hydrogens is 443 g/mol. The van der Waals surface area contributed by atoms with Crippen LogP contribution in [-0.4, -0.2) is 31.1 Å². The van der Waals surface area contributed by atoms with Crippen LogP contribution < -0.4 is 10.6 Å². The SMILES string of the molecule is CC1(C)CC2=C(C(=O)N1)[C@@](C)(c1cccc(S(C)(=O)=O)c1)c1cc(C(F)(F)F)cnc1N2. The van der Waals surface area contributed by atoms with Crippen molar-refractivity contribution < 1.29 is 26.4 Å². The Morgan fingerprint density at radius 3 is 2.44 bits per heavy atom. The first-order valence-electron chi connectivity index (χ1n) is 9.84. The first-order chi connectivity index (χ1) is 14.6. The summed E-state index contributed by atoms with van der Waals surface area (Å²) in [7, 11) is -3.59. The quantitative estimate of drug-likeness (QED) is 0.705. The van der Waals surface area contributed by atoms with Gasteiger partial charge in [0.05, 0.1) is 21.4 Å².